The molecule has 7 heteroatoms. The van der Waals surface area contributed by atoms with Gasteiger partial charge in [-0.2, -0.15) is 0 Å². The Labute approximate surface area is 150 Å². The van der Waals surface area contributed by atoms with Crippen molar-refractivity contribution in [1.82, 2.24) is 20.4 Å². The van der Waals surface area contributed by atoms with Crippen LogP contribution in [-0.4, -0.2) is 68.5 Å². The molecule has 25 heavy (non-hydrogen) atoms. The van der Waals surface area contributed by atoms with Gasteiger partial charge in [0, 0.05) is 27.2 Å². The van der Waals surface area contributed by atoms with Crippen LogP contribution < -0.4 is 10.6 Å². The Morgan fingerprint density at radius 1 is 1.32 bits per heavy atom. The third kappa shape index (κ3) is 6.08. The number of amides is 1. The van der Waals surface area contributed by atoms with Crippen molar-refractivity contribution < 1.29 is 9.21 Å². The molecule has 1 atom stereocenters. The average Bonchev–Trinajstić information content (AvgIpc) is 3.14. The molecule has 1 amide bonds. The molecule has 1 aromatic rings. The summed E-state index contributed by atoms with van der Waals surface area (Å²) in [6, 6.07) is 4.13. The Kier molecular flexibility index (Phi) is 7.78. The standard InChI is InChI=1S/C18H31N5O2/c1-4-19-18(21-14-17(24)22(2)3)20-13-15(16-9-8-12-25-16)23-10-6-5-7-11-23/h8-9,12,15H,4-7,10-11,13-14H2,1-3H3,(H2,19,20,21). The maximum absolute atomic E-state index is 11.8. The van der Waals surface area contributed by atoms with Gasteiger partial charge >= 0.3 is 0 Å². The molecule has 0 aliphatic carbocycles. The lowest BCUT2D eigenvalue weighted by atomic mass is 10.1. The number of nitrogens with one attached hydrogen (secondary N) is 2. The lowest BCUT2D eigenvalue weighted by Crippen LogP contribution is -2.44. The first kappa shape index (κ1) is 19.3. The van der Waals surface area contributed by atoms with E-state index in [1.54, 1.807) is 25.3 Å². The SMILES string of the molecule is CCNC(=NCC(=O)N(C)C)NCC(c1ccco1)N1CCCCC1. The van der Waals surface area contributed by atoms with Crippen molar-refractivity contribution in [3.63, 3.8) is 0 Å². The van der Waals surface area contributed by atoms with Gasteiger partial charge in [0.25, 0.3) is 0 Å². The number of aliphatic imine (C=N–C) groups is 1. The summed E-state index contributed by atoms with van der Waals surface area (Å²) in [5, 5.41) is 6.57. The molecule has 1 unspecified atom stereocenters. The highest BCUT2D eigenvalue weighted by Crippen LogP contribution is 2.24. The van der Waals surface area contributed by atoms with Gasteiger partial charge in [-0.1, -0.05) is 6.42 Å². The van der Waals surface area contributed by atoms with Crippen LogP contribution in [0.2, 0.25) is 0 Å². The number of hydrogen-bond acceptors (Lipinski definition) is 4. The van der Waals surface area contributed by atoms with E-state index in [2.05, 4.69) is 20.5 Å². The van der Waals surface area contributed by atoms with Crippen molar-refractivity contribution in [2.75, 3.05) is 46.8 Å². The van der Waals surface area contributed by atoms with Crippen molar-refractivity contribution in [3.05, 3.63) is 24.2 Å². The van der Waals surface area contributed by atoms with Crippen LogP contribution in [-0.2, 0) is 4.79 Å². The van der Waals surface area contributed by atoms with Gasteiger partial charge in [-0.15, -0.1) is 0 Å². The molecule has 0 aromatic carbocycles. The Hall–Kier alpha value is -2.02. The Morgan fingerprint density at radius 2 is 2.08 bits per heavy atom. The molecule has 0 bridgehead atoms. The molecule has 1 saturated heterocycles. The molecule has 0 radical (unpaired) electrons. The van der Waals surface area contributed by atoms with Crippen LogP contribution in [0, 0.1) is 0 Å². The summed E-state index contributed by atoms with van der Waals surface area (Å²) < 4.78 is 5.67. The lowest BCUT2D eigenvalue weighted by molar-refractivity contribution is -0.127. The number of rotatable bonds is 7. The topological polar surface area (TPSA) is 73.1 Å². The molecule has 0 saturated carbocycles. The maximum atomic E-state index is 11.8. The second kappa shape index (κ2) is 10.1. The summed E-state index contributed by atoms with van der Waals surface area (Å²) in [4.78, 5) is 20.2. The minimum atomic E-state index is -0.0178. The quantitative estimate of drug-likeness (QED) is 0.576. The van der Waals surface area contributed by atoms with Crippen LogP contribution >= 0.6 is 0 Å². The van der Waals surface area contributed by atoms with Gasteiger partial charge in [-0.25, -0.2) is 4.99 Å². The van der Waals surface area contributed by atoms with Crippen molar-refractivity contribution >= 4 is 11.9 Å². The first-order valence-corrected chi connectivity index (χ1v) is 9.11. The molecule has 1 fully saturated rings. The van der Waals surface area contributed by atoms with Crippen LogP contribution in [0.25, 0.3) is 0 Å². The van der Waals surface area contributed by atoms with Crippen LogP contribution in [0.3, 0.4) is 0 Å². The van der Waals surface area contributed by atoms with Crippen LogP contribution in [0.15, 0.2) is 27.8 Å². The van der Waals surface area contributed by atoms with Gasteiger partial charge in [0.05, 0.1) is 12.3 Å². The third-order valence-electron chi connectivity index (χ3n) is 4.38. The zero-order valence-corrected chi connectivity index (χ0v) is 15.6. The summed E-state index contributed by atoms with van der Waals surface area (Å²) >= 11 is 0. The van der Waals surface area contributed by atoms with Gasteiger partial charge in [0.2, 0.25) is 5.91 Å². The fourth-order valence-electron chi connectivity index (χ4n) is 2.94. The summed E-state index contributed by atoms with van der Waals surface area (Å²) in [6.45, 7) is 5.75. The number of furan rings is 1. The van der Waals surface area contributed by atoms with E-state index in [1.807, 2.05) is 19.1 Å². The second-order valence-electron chi connectivity index (χ2n) is 6.49. The average molecular weight is 349 g/mol. The van der Waals surface area contributed by atoms with Gasteiger partial charge in [-0.3, -0.25) is 9.69 Å². The number of guanidine groups is 1. The van der Waals surface area contributed by atoms with Crippen molar-refractivity contribution in [1.29, 1.82) is 0 Å². The second-order valence-corrected chi connectivity index (χ2v) is 6.49. The molecule has 1 aliphatic heterocycles. The fraction of sp³-hybridized carbons (Fsp3) is 0.667. The summed E-state index contributed by atoms with van der Waals surface area (Å²) in [6.07, 6.45) is 5.47. The van der Waals surface area contributed by atoms with Crippen molar-refractivity contribution in [3.8, 4) is 0 Å². The highest BCUT2D eigenvalue weighted by atomic mass is 16.3. The van der Waals surface area contributed by atoms with E-state index in [1.165, 1.54) is 19.3 Å². The number of nitrogens with zero attached hydrogens (tertiary/aromatic N) is 3. The summed E-state index contributed by atoms with van der Waals surface area (Å²) in [7, 11) is 3.48. The third-order valence-corrected chi connectivity index (χ3v) is 4.38. The number of hydrogen-bond donors (Lipinski definition) is 2. The zero-order chi connectivity index (χ0) is 18.1. The number of carbonyl (C=O) groups excluding carboxylic acids is 1. The van der Waals surface area contributed by atoms with Crippen molar-refractivity contribution in [2.45, 2.75) is 32.2 Å². The van der Waals surface area contributed by atoms with Crippen LogP contribution in [0.4, 0.5) is 0 Å². The fourth-order valence-corrected chi connectivity index (χ4v) is 2.94. The monoisotopic (exact) mass is 349 g/mol. The van der Waals surface area contributed by atoms with E-state index in [-0.39, 0.29) is 18.5 Å². The Bertz CT molecular complexity index is 536. The lowest BCUT2D eigenvalue weighted by Gasteiger charge is -2.33. The molecular weight excluding hydrogens is 318 g/mol. The van der Waals surface area contributed by atoms with Gasteiger partial charge < -0.3 is 20.0 Å². The molecule has 2 heterocycles. The highest BCUT2D eigenvalue weighted by molar-refractivity contribution is 5.84. The largest absolute Gasteiger partial charge is 0.468 e. The molecule has 1 aromatic heterocycles. The maximum Gasteiger partial charge on any atom is 0.243 e. The Balaban J connectivity index is 2.00. The zero-order valence-electron chi connectivity index (χ0n) is 15.6. The van der Waals surface area contributed by atoms with E-state index < -0.39 is 0 Å². The summed E-state index contributed by atoms with van der Waals surface area (Å²) in [5.41, 5.74) is 0. The van der Waals surface area contributed by atoms with Gasteiger partial charge in [0.15, 0.2) is 5.96 Å². The van der Waals surface area contributed by atoms with Crippen molar-refractivity contribution in [2.24, 2.45) is 4.99 Å². The van der Waals surface area contributed by atoms with E-state index in [0.29, 0.717) is 12.5 Å². The van der Waals surface area contributed by atoms with E-state index in [9.17, 15) is 4.79 Å². The molecule has 140 valence electrons. The smallest absolute Gasteiger partial charge is 0.243 e. The highest BCUT2D eigenvalue weighted by Gasteiger charge is 2.24. The normalized spacial score (nSPS) is 17.2. The predicted molar refractivity (Wildman–Crippen MR) is 99.5 cm³/mol. The number of carbonyl (C=O) groups is 1. The minimum Gasteiger partial charge on any atom is -0.468 e. The first-order chi connectivity index (χ1) is 12.1. The molecular formula is C18H31N5O2. The molecule has 1 aliphatic rings. The van der Waals surface area contributed by atoms with E-state index in [0.717, 1.165) is 25.4 Å². The molecule has 7 nitrogen and oxygen atoms in total. The van der Waals surface area contributed by atoms with Gasteiger partial charge in [-0.05, 0) is 45.0 Å². The summed E-state index contributed by atoms with van der Waals surface area (Å²) in [5.74, 6) is 1.61. The molecule has 0 spiro atoms. The molecule has 2 rings (SSSR count). The molecule has 2 N–H and O–H groups in total. The van der Waals surface area contributed by atoms with Crippen LogP contribution in [0.5, 0.6) is 0 Å². The first-order valence-electron chi connectivity index (χ1n) is 9.11. The van der Waals surface area contributed by atoms with E-state index >= 15 is 0 Å². The number of likely N-dealkylation sites (tertiary alicyclic amines) is 1. The van der Waals surface area contributed by atoms with E-state index in [4.69, 9.17) is 4.42 Å². The minimum absolute atomic E-state index is 0.0178. The van der Waals surface area contributed by atoms with Gasteiger partial charge in [0.1, 0.15) is 12.3 Å². The Morgan fingerprint density at radius 3 is 2.68 bits per heavy atom. The predicted octanol–water partition coefficient (Wildman–Crippen LogP) is 1.45. The number of piperidine rings is 1. The van der Waals surface area contributed by atoms with Crippen LogP contribution in [0.1, 0.15) is 38.0 Å². The number of likely N-dealkylation sites (N-methyl/N-ethyl adjacent to an activating group) is 1.